The number of aromatic hydroxyl groups is 1. The molecule has 3 aromatic carbocycles. The van der Waals surface area contributed by atoms with Crippen molar-refractivity contribution in [2.24, 2.45) is 0 Å². The van der Waals surface area contributed by atoms with Gasteiger partial charge < -0.3 is 14.6 Å². The minimum Gasteiger partial charge on any atom is -0.507 e. The van der Waals surface area contributed by atoms with E-state index in [4.69, 9.17) is 9.47 Å². The minimum atomic E-state index is -0.207. The molecule has 0 radical (unpaired) electrons. The SMILES string of the molecule is COc1cc(/C=C/c2ccc(C(=O)c3ccccc3O)cc2)cc(OC)c1. The highest BCUT2D eigenvalue weighted by molar-refractivity contribution is 6.10. The molecule has 27 heavy (non-hydrogen) atoms. The minimum absolute atomic E-state index is 0.0153. The van der Waals surface area contributed by atoms with Crippen molar-refractivity contribution in [3.8, 4) is 17.2 Å². The number of para-hydroxylation sites is 1. The lowest BCUT2D eigenvalue weighted by Gasteiger charge is -2.06. The lowest BCUT2D eigenvalue weighted by atomic mass is 10.0. The zero-order valence-corrected chi connectivity index (χ0v) is 15.2. The Morgan fingerprint density at radius 2 is 1.41 bits per heavy atom. The van der Waals surface area contributed by atoms with E-state index < -0.39 is 0 Å². The second-order valence-electron chi connectivity index (χ2n) is 5.95. The molecule has 0 aromatic heterocycles. The fraction of sp³-hybridized carbons (Fsp3) is 0.0870. The molecule has 0 aliphatic heterocycles. The van der Waals surface area contributed by atoms with Gasteiger partial charge in [-0.2, -0.15) is 0 Å². The lowest BCUT2D eigenvalue weighted by Crippen LogP contribution is -2.01. The molecule has 1 N–H and O–H groups in total. The summed E-state index contributed by atoms with van der Waals surface area (Å²) in [6.07, 6.45) is 3.90. The second-order valence-corrected chi connectivity index (χ2v) is 5.95. The zero-order chi connectivity index (χ0) is 19.2. The van der Waals surface area contributed by atoms with Crippen LogP contribution in [0.5, 0.6) is 17.2 Å². The molecule has 3 aromatic rings. The van der Waals surface area contributed by atoms with Crippen LogP contribution in [0.1, 0.15) is 27.0 Å². The Morgan fingerprint density at radius 1 is 0.815 bits per heavy atom. The van der Waals surface area contributed by atoms with Crippen molar-refractivity contribution in [1.29, 1.82) is 0 Å². The molecule has 0 fully saturated rings. The molecule has 0 amide bonds. The van der Waals surface area contributed by atoms with E-state index in [-0.39, 0.29) is 11.5 Å². The van der Waals surface area contributed by atoms with E-state index in [2.05, 4.69) is 0 Å². The molecule has 4 heteroatoms. The molecule has 136 valence electrons. The molecular weight excluding hydrogens is 340 g/mol. The Morgan fingerprint density at radius 3 is 2.00 bits per heavy atom. The summed E-state index contributed by atoms with van der Waals surface area (Å²) in [5.41, 5.74) is 2.71. The van der Waals surface area contributed by atoms with Gasteiger partial charge in [0.15, 0.2) is 5.78 Å². The normalized spacial score (nSPS) is 10.7. The topological polar surface area (TPSA) is 55.8 Å². The molecule has 0 saturated heterocycles. The van der Waals surface area contributed by atoms with Crippen molar-refractivity contribution in [3.63, 3.8) is 0 Å². The number of methoxy groups -OCH3 is 2. The summed E-state index contributed by atoms with van der Waals surface area (Å²) < 4.78 is 10.5. The second kappa shape index (κ2) is 8.23. The van der Waals surface area contributed by atoms with Crippen LogP contribution in [0, 0.1) is 0 Å². The number of carbonyl (C=O) groups excluding carboxylic acids is 1. The lowest BCUT2D eigenvalue weighted by molar-refractivity contribution is 0.103. The first kappa shape index (κ1) is 18.3. The van der Waals surface area contributed by atoms with Crippen molar-refractivity contribution in [1.82, 2.24) is 0 Å². The van der Waals surface area contributed by atoms with Crippen LogP contribution in [-0.2, 0) is 0 Å². The molecule has 0 heterocycles. The Labute approximate surface area is 158 Å². The third-order valence-electron chi connectivity index (χ3n) is 4.16. The third kappa shape index (κ3) is 4.36. The number of phenols is 1. The van der Waals surface area contributed by atoms with Gasteiger partial charge in [-0.3, -0.25) is 4.79 Å². The molecule has 0 spiro atoms. The van der Waals surface area contributed by atoms with E-state index >= 15 is 0 Å². The maximum Gasteiger partial charge on any atom is 0.196 e. The molecular formula is C23H20O4. The first-order valence-corrected chi connectivity index (χ1v) is 8.44. The summed E-state index contributed by atoms with van der Waals surface area (Å²) in [6, 6.07) is 19.4. The summed E-state index contributed by atoms with van der Waals surface area (Å²) >= 11 is 0. The highest BCUT2D eigenvalue weighted by Crippen LogP contribution is 2.24. The average Bonchev–Trinajstić information content (AvgIpc) is 2.72. The van der Waals surface area contributed by atoms with Crippen LogP contribution in [-0.4, -0.2) is 25.1 Å². The van der Waals surface area contributed by atoms with Crippen molar-refractivity contribution in [3.05, 3.63) is 89.0 Å². The average molecular weight is 360 g/mol. The molecule has 0 atom stereocenters. The standard InChI is InChI=1S/C23H20O4/c1-26-19-13-17(14-20(15-19)27-2)8-7-16-9-11-18(12-10-16)23(25)21-5-3-4-6-22(21)24/h3-15,24H,1-2H3/b8-7+. The van der Waals surface area contributed by atoms with Crippen LogP contribution in [0.3, 0.4) is 0 Å². The highest BCUT2D eigenvalue weighted by atomic mass is 16.5. The molecule has 0 aliphatic carbocycles. The Hall–Kier alpha value is -3.53. The Kier molecular flexibility index (Phi) is 5.57. The molecule has 0 aliphatic rings. The van der Waals surface area contributed by atoms with Crippen LogP contribution in [0.2, 0.25) is 0 Å². The number of hydrogen-bond acceptors (Lipinski definition) is 4. The van der Waals surface area contributed by atoms with Gasteiger partial charge in [0.2, 0.25) is 0 Å². The van der Waals surface area contributed by atoms with Crippen LogP contribution in [0.15, 0.2) is 66.7 Å². The quantitative estimate of drug-likeness (QED) is 0.506. The van der Waals surface area contributed by atoms with E-state index in [1.807, 2.05) is 42.5 Å². The van der Waals surface area contributed by atoms with Gasteiger partial charge in [0.05, 0.1) is 19.8 Å². The highest BCUT2D eigenvalue weighted by Gasteiger charge is 2.12. The van der Waals surface area contributed by atoms with Gasteiger partial charge in [0.25, 0.3) is 0 Å². The van der Waals surface area contributed by atoms with Crippen molar-refractivity contribution >= 4 is 17.9 Å². The zero-order valence-electron chi connectivity index (χ0n) is 15.2. The van der Waals surface area contributed by atoms with Crippen LogP contribution in [0.25, 0.3) is 12.2 Å². The number of hydrogen-bond donors (Lipinski definition) is 1. The fourth-order valence-corrected chi connectivity index (χ4v) is 2.68. The van der Waals surface area contributed by atoms with Crippen molar-refractivity contribution in [2.75, 3.05) is 14.2 Å². The van der Waals surface area contributed by atoms with Crippen LogP contribution >= 0.6 is 0 Å². The molecule has 4 nitrogen and oxygen atoms in total. The summed E-state index contributed by atoms with van der Waals surface area (Å²) in [5.74, 6) is 1.22. The van der Waals surface area contributed by atoms with Gasteiger partial charge >= 0.3 is 0 Å². The largest absolute Gasteiger partial charge is 0.507 e. The van der Waals surface area contributed by atoms with E-state index in [0.717, 1.165) is 22.6 Å². The van der Waals surface area contributed by atoms with Gasteiger partial charge in [0, 0.05) is 11.6 Å². The Bertz CT molecular complexity index is 950. The van der Waals surface area contributed by atoms with Crippen molar-refractivity contribution < 1.29 is 19.4 Å². The van der Waals surface area contributed by atoms with E-state index in [1.165, 1.54) is 6.07 Å². The monoisotopic (exact) mass is 360 g/mol. The van der Waals surface area contributed by atoms with Gasteiger partial charge in [-0.25, -0.2) is 0 Å². The van der Waals surface area contributed by atoms with E-state index in [9.17, 15) is 9.90 Å². The number of benzene rings is 3. The van der Waals surface area contributed by atoms with E-state index in [1.54, 1.807) is 44.6 Å². The molecule has 0 saturated carbocycles. The fourth-order valence-electron chi connectivity index (χ4n) is 2.68. The number of ether oxygens (including phenoxy) is 2. The van der Waals surface area contributed by atoms with Crippen molar-refractivity contribution in [2.45, 2.75) is 0 Å². The van der Waals surface area contributed by atoms with Gasteiger partial charge in [-0.05, 0) is 35.4 Å². The predicted molar refractivity (Wildman–Crippen MR) is 106 cm³/mol. The third-order valence-corrected chi connectivity index (χ3v) is 4.16. The molecule has 0 unspecified atom stereocenters. The first-order valence-electron chi connectivity index (χ1n) is 8.44. The Balaban J connectivity index is 1.79. The maximum absolute atomic E-state index is 12.5. The number of ketones is 1. The number of rotatable bonds is 6. The van der Waals surface area contributed by atoms with Gasteiger partial charge in [-0.15, -0.1) is 0 Å². The van der Waals surface area contributed by atoms with Gasteiger partial charge in [-0.1, -0.05) is 48.6 Å². The molecule has 3 rings (SSSR count). The number of carbonyl (C=O) groups is 1. The first-order chi connectivity index (χ1) is 13.1. The van der Waals surface area contributed by atoms with Crippen LogP contribution < -0.4 is 9.47 Å². The van der Waals surface area contributed by atoms with E-state index in [0.29, 0.717) is 11.1 Å². The summed E-state index contributed by atoms with van der Waals surface area (Å²) in [7, 11) is 3.23. The molecule has 0 bridgehead atoms. The maximum atomic E-state index is 12.5. The smallest absolute Gasteiger partial charge is 0.196 e. The number of phenolic OH excluding ortho intramolecular Hbond substituents is 1. The van der Waals surface area contributed by atoms with Crippen LogP contribution in [0.4, 0.5) is 0 Å². The summed E-state index contributed by atoms with van der Waals surface area (Å²) in [6.45, 7) is 0. The summed E-state index contributed by atoms with van der Waals surface area (Å²) in [5, 5.41) is 9.84. The predicted octanol–water partition coefficient (Wildman–Crippen LogP) is 4.81. The summed E-state index contributed by atoms with van der Waals surface area (Å²) in [4.78, 5) is 12.5. The van der Waals surface area contributed by atoms with Gasteiger partial charge in [0.1, 0.15) is 17.2 Å².